The van der Waals surface area contributed by atoms with Crippen LogP contribution in [0.25, 0.3) is 0 Å². The van der Waals surface area contributed by atoms with Crippen LogP contribution in [0.3, 0.4) is 0 Å². The molecule has 0 aliphatic heterocycles. The van der Waals surface area contributed by atoms with Crippen molar-refractivity contribution in [3.63, 3.8) is 0 Å². The Balaban J connectivity index is 1.94. The molecule has 1 aromatic carbocycles. The van der Waals surface area contributed by atoms with Crippen LogP contribution in [0.1, 0.15) is 12.8 Å². The zero-order valence-corrected chi connectivity index (χ0v) is 10.0. The van der Waals surface area contributed by atoms with E-state index in [1.54, 1.807) is 7.11 Å². The predicted octanol–water partition coefficient (Wildman–Crippen LogP) is 1.87. The number of hydrogen-bond acceptors (Lipinski definition) is 3. The summed E-state index contributed by atoms with van der Waals surface area (Å²) in [5.41, 5.74) is 7.00. The van der Waals surface area contributed by atoms with Crippen LogP contribution in [-0.4, -0.2) is 26.7 Å². The summed E-state index contributed by atoms with van der Waals surface area (Å²) in [6, 6.07) is 8.61. The molecule has 1 aromatic rings. The van der Waals surface area contributed by atoms with E-state index in [0.29, 0.717) is 6.04 Å². The summed E-state index contributed by atoms with van der Waals surface area (Å²) in [5.74, 6) is 1.67. The third kappa shape index (κ3) is 2.47. The Bertz CT molecular complexity index is 348. The van der Waals surface area contributed by atoms with Crippen molar-refractivity contribution in [1.82, 2.24) is 0 Å². The van der Waals surface area contributed by atoms with E-state index in [2.05, 4.69) is 24.1 Å². The highest BCUT2D eigenvalue weighted by molar-refractivity contribution is 5.50. The molecule has 0 unspecified atom stereocenters. The van der Waals surface area contributed by atoms with Gasteiger partial charge in [0.15, 0.2) is 0 Å². The summed E-state index contributed by atoms with van der Waals surface area (Å²) in [6.07, 6.45) is 2.32. The van der Waals surface area contributed by atoms with E-state index < -0.39 is 0 Å². The first-order chi connectivity index (χ1) is 7.69. The molecule has 0 aromatic heterocycles. The van der Waals surface area contributed by atoms with Crippen molar-refractivity contribution in [1.29, 1.82) is 0 Å². The zero-order valence-electron chi connectivity index (χ0n) is 10.0. The molecule has 1 aliphatic carbocycles. The molecule has 0 atom stereocenters. The van der Waals surface area contributed by atoms with Crippen molar-refractivity contribution in [2.75, 3.05) is 25.6 Å². The van der Waals surface area contributed by atoms with Gasteiger partial charge in [0.05, 0.1) is 7.11 Å². The highest BCUT2D eigenvalue weighted by Crippen LogP contribution is 2.28. The van der Waals surface area contributed by atoms with Gasteiger partial charge in [0.2, 0.25) is 0 Å². The van der Waals surface area contributed by atoms with Crippen LogP contribution in [-0.2, 0) is 0 Å². The van der Waals surface area contributed by atoms with E-state index in [9.17, 15) is 0 Å². The van der Waals surface area contributed by atoms with E-state index in [4.69, 9.17) is 10.5 Å². The summed E-state index contributed by atoms with van der Waals surface area (Å²) in [7, 11) is 3.82. The minimum Gasteiger partial charge on any atom is -0.497 e. The van der Waals surface area contributed by atoms with Gasteiger partial charge in [-0.15, -0.1) is 0 Å². The lowest BCUT2D eigenvalue weighted by Gasteiger charge is -2.36. The van der Waals surface area contributed by atoms with Crippen LogP contribution in [0, 0.1) is 5.92 Å². The fourth-order valence-electron chi connectivity index (χ4n) is 2.28. The molecule has 2 rings (SSSR count). The fraction of sp³-hybridized carbons (Fsp3) is 0.538. The second-order valence-corrected chi connectivity index (χ2v) is 4.68. The molecule has 1 saturated carbocycles. The van der Waals surface area contributed by atoms with Crippen molar-refractivity contribution in [3.8, 4) is 5.75 Å². The summed E-state index contributed by atoms with van der Waals surface area (Å²) in [6.45, 7) is 1.08. The monoisotopic (exact) mass is 220 g/mol. The molecule has 3 heteroatoms. The van der Waals surface area contributed by atoms with Crippen LogP contribution < -0.4 is 15.4 Å². The molecular formula is C13H20N2O. The van der Waals surface area contributed by atoms with Crippen molar-refractivity contribution < 1.29 is 4.74 Å². The Kier molecular flexibility index (Phi) is 3.34. The topological polar surface area (TPSA) is 38.5 Å². The van der Waals surface area contributed by atoms with Gasteiger partial charge in [-0.25, -0.2) is 0 Å². The van der Waals surface area contributed by atoms with E-state index in [-0.39, 0.29) is 0 Å². The third-order valence-corrected chi connectivity index (χ3v) is 3.30. The second-order valence-electron chi connectivity index (χ2n) is 4.68. The molecule has 0 heterocycles. The number of hydrogen-bond donors (Lipinski definition) is 1. The summed E-state index contributed by atoms with van der Waals surface area (Å²) in [4.78, 5) is 2.28. The average molecular weight is 220 g/mol. The summed E-state index contributed by atoms with van der Waals surface area (Å²) >= 11 is 0. The molecule has 1 aliphatic rings. The number of ether oxygens (including phenoxy) is 1. The molecule has 0 spiro atoms. The average Bonchev–Trinajstić information content (AvgIpc) is 2.27. The Morgan fingerprint density at radius 3 is 2.81 bits per heavy atom. The lowest BCUT2D eigenvalue weighted by Crippen LogP contribution is -2.41. The quantitative estimate of drug-likeness (QED) is 0.842. The standard InChI is InChI=1S/C13H20N2O/c1-15(9-10-6-11(14)7-10)12-4-3-5-13(8-12)16-2/h3-5,8,10-11H,6-7,9,14H2,1-2H3. The fourth-order valence-corrected chi connectivity index (χ4v) is 2.28. The predicted molar refractivity (Wildman–Crippen MR) is 67.0 cm³/mol. The highest BCUT2D eigenvalue weighted by atomic mass is 16.5. The van der Waals surface area contributed by atoms with Crippen LogP contribution in [0.5, 0.6) is 5.75 Å². The smallest absolute Gasteiger partial charge is 0.120 e. The van der Waals surface area contributed by atoms with Gasteiger partial charge in [-0.1, -0.05) is 6.07 Å². The number of benzene rings is 1. The van der Waals surface area contributed by atoms with E-state index in [1.807, 2.05) is 12.1 Å². The van der Waals surface area contributed by atoms with Gasteiger partial charge >= 0.3 is 0 Å². The maximum atomic E-state index is 5.79. The molecular weight excluding hydrogens is 200 g/mol. The summed E-state index contributed by atoms with van der Waals surface area (Å²) in [5, 5.41) is 0. The first-order valence-electron chi connectivity index (χ1n) is 5.80. The van der Waals surface area contributed by atoms with Crippen molar-refractivity contribution in [3.05, 3.63) is 24.3 Å². The maximum Gasteiger partial charge on any atom is 0.120 e. The minimum atomic E-state index is 0.434. The second kappa shape index (κ2) is 4.74. The van der Waals surface area contributed by atoms with Crippen molar-refractivity contribution in [2.45, 2.75) is 18.9 Å². The van der Waals surface area contributed by atoms with E-state index >= 15 is 0 Å². The normalized spacial score (nSPS) is 23.7. The largest absolute Gasteiger partial charge is 0.497 e. The number of nitrogens with two attached hydrogens (primary N) is 1. The number of anilines is 1. The number of nitrogens with zero attached hydrogens (tertiary/aromatic N) is 1. The van der Waals surface area contributed by atoms with Gasteiger partial charge in [0.25, 0.3) is 0 Å². The van der Waals surface area contributed by atoms with Gasteiger partial charge < -0.3 is 15.4 Å². The number of rotatable bonds is 4. The molecule has 2 N–H and O–H groups in total. The van der Waals surface area contributed by atoms with Crippen LogP contribution >= 0.6 is 0 Å². The lowest BCUT2D eigenvalue weighted by molar-refractivity contribution is 0.271. The van der Waals surface area contributed by atoms with Crippen LogP contribution in [0.4, 0.5) is 5.69 Å². The highest BCUT2D eigenvalue weighted by Gasteiger charge is 2.26. The van der Waals surface area contributed by atoms with Gasteiger partial charge in [0, 0.05) is 31.4 Å². The van der Waals surface area contributed by atoms with Gasteiger partial charge in [0.1, 0.15) is 5.75 Å². The van der Waals surface area contributed by atoms with Gasteiger partial charge in [-0.05, 0) is 30.9 Å². The third-order valence-electron chi connectivity index (χ3n) is 3.30. The van der Waals surface area contributed by atoms with E-state index in [0.717, 1.165) is 31.1 Å². The molecule has 0 bridgehead atoms. The van der Waals surface area contributed by atoms with Crippen molar-refractivity contribution in [2.24, 2.45) is 11.7 Å². The molecule has 3 nitrogen and oxygen atoms in total. The summed E-state index contributed by atoms with van der Waals surface area (Å²) < 4.78 is 5.22. The van der Waals surface area contributed by atoms with Gasteiger partial charge in [-0.2, -0.15) is 0 Å². The zero-order chi connectivity index (χ0) is 11.5. The van der Waals surface area contributed by atoms with Gasteiger partial charge in [-0.3, -0.25) is 0 Å². The van der Waals surface area contributed by atoms with Crippen LogP contribution in [0.15, 0.2) is 24.3 Å². The Hall–Kier alpha value is -1.22. The Morgan fingerprint density at radius 1 is 1.44 bits per heavy atom. The lowest BCUT2D eigenvalue weighted by atomic mass is 9.80. The molecule has 0 radical (unpaired) electrons. The Labute approximate surface area is 97.2 Å². The molecule has 1 fully saturated rings. The minimum absolute atomic E-state index is 0.434. The van der Waals surface area contributed by atoms with E-state index in [1.165, 1.54) is 5.69 Å². The first kappa shape index (κ1) is 11.3. The maximum absolute atomic E-state index is 5.79. The van der Waals surface area contributed by atoms with Crippen molar-refractivity contribution >= 4 is 5.69 Å². The Morgan fingerprint density at radius 2 is 2.19 bits per heavy atom. The molecule has 0 saturated heterocycles. The first-order valence-corrected chi connectivity index (χ1v) is 5.80. The van der Waals surface area contributed by atoms with Crippen LogP contribution in [0.2, 0.25) is 0 Å². The SMILES string of the molecule is COc1cccc(N(C)CC2CC(N)C2)c1. The molecule has 0 amide bonds. The molecule has 16 heavy (non-hydrogen) atoms. The molecule has 88 valence electrons. The number of methoxy groups -OCH3 is 1.